The van der Waals surface area contributed by atoms with Crippen LogP contribution in [0.5, 0.6) is 0 Å². The first-order valence-corrected chi connectivity index (χ1v) is 4.50. The van der Waals surface area contributed by atoms with Crippen molar-refractivity contribution in [2.24, 2.45) is 0 Å². The molecule has 0 nitrogen and oxygen atoms in total. The number of thioether (sulfide) groups is 1. The van der Waals surface area contributed by atoms with Gasteiger partial charge in [0.25, 0.3) is 0 Å². The molecule has 0 N–H and O–H groups in total. The molecule has 0 rings (SSSR count). The molecule has 0 amide bonds. The first-order chi connectivity index (χ1) is 4.41. The standard InChI is InChI=1S/C8H15S/c1-3-5-6-8-9-7-4-2/h3,8H,1,4-7H2,2H3. The molecule has 0 aliphatic carbocycles. The van der Waals surface area contributed by atoms with Crippen LogP contribution >= 0.6 is 11.8 Å². The monoisotopic (exact) mass is 143 g/mol. The Morgan fingerprint density at radius 3 is 2.78 bits per heavy atom. The SMILES string of the molecule is C=CCC[CH]SCCC. The van der Waals surface area contributed by atoms with Gasteiger partial charge in [-0.25, -0.2) is 0 Å². The lowest BCUT2D eigenvalue weighted by Gasteiger charge is -1.94. The summed E-state index contributed by atoms with van der Waals surface area (Å²) >= 11 is 1.92. The Balaban J connectivity index is 2.66. The number of hydrogen-bond donors (Lipinski definition) is 0. The van der Waals surface area contributed by atoms with Crippen LogP contribution in [0.1, 0.15) is 26.2 Å². The molecule has 0 bridgehead atoms. The van der Waals surface area contributed by atoms with Gasteiger partial charge in [-0.2, -0.15) is 11.8 Å². The van der Waals surface area contributed by atoms with Crippen LogP contribution in [-0.4, -0.2) is 5.75 Å². The molecular weight excluding hydrogens is 128 g/mol. The topological polar surface area (TPSA) is 0 Å². The van der Waals surface area contributed by atoms with Gasteiger partial charge in [-0.05, 0) is 25.0 Å². The molecule has 0 unspecified atom stereocenters. The predicted octanol–water partition coefficient (Wildman–Crippen LogP) is 3.26. The van der Waals surface area contributed by atoms with Gasteiger partial charge in [-0.3, -0.25) is 0 Å². The second-order valence-corrected chi connectivity index (χ2v) is 2.98. The molecule has 1 heteroatoms. The molecule has 0 aromatic carbocycles. The van der Waals surface area contributed by atoms with Gasteiger partial charge in [0.05, 0.1) is 0 Å². The van der Waals surface area contributed by atoms with E-state index in [2.05, 4.69) is 19.3 Å². The fourth-order valence-electron chi connectivity index (χ4n) is 0.470. The number of hydrogen-bond acceptors (Lipinski definition) is 1. The van der Waals surface area contributed by atoms with E-state index < -0.39 is 0 Å². The molecule has 0 fully saturated rings. The quantitative estimate of drug-likeness (QED) is 0.406. The minimum absolute atomic E-state index is 1.12. The van der Waals surface area contributed by atoms with Crippen molar-refractivity contribution < 1.29 is 0 Å². The molecule has 0 aliphatic rings. The van der Waals surface area contributed by atoms with Crippen molar-refractivity contribution in [3.63, 3.8) is 0 Å². The van der Waals surface area contributed by atoms with Crippen LogP contribution in [0, 0.1) is 5.75 Å². The minimum Gasteiger partial charge on any atom is -0.157 e. The van der Waals surface area contributed by atoms with E-state index in [1.807, 2.05) is 17.8 Å². The lowest BCUT2D eigenvalue weighted by molar-refractivity contribution is 1.03. The number of allylic oxidation sites excluding steroid dienone is 1. The second kappa shape index (κ2) is 8.09. The summed E-state index contributed by atoms with van der Waals surface area (Å²) in [4.78, 5) is 0. The second-order valence-electron chi connectivity index (χ2n) is 1.90. The van der Waals surface area contributed by atoms with Gasteiger partial charge in [-0.1, -0.05) is 13.0 Å². The van der Waals surface area contributed by atoms with Crippen LogP contribution in [0.3, 0.4) is 0 Å². The normalized spacial score (nSPS) is 9.44. The summed E-state index contributed by atoms with van der Waals surface area (Å²) in [7, 11) is 0. The zero-order valence-corrected chi connectivity index (χ0v) is 6.91. The van der Waals surface area contributed by atoms with Crippen molar-refractivity contribution in [3.8, 4) is 0 Å². The number of unbranched alkanes of at least 4 members (excludes halogenated alkanes) is 1. The number of rotatable bonds is 6. The third-order valence-electron chi connectivity index (χ3n) is 0.928. The Labute approximate surface area is 62.7 Å². The summed E-state index contributed by atoms with van der Waals surface area (Å²) in [5, 5.41) is 0. The summed E-state index contributed by atoms with van der Waals surface area (Å²) < 4.78 is 0. The molecule has 1 radical (unpaired) electrons. The highest BCUT2D eigenvalue weighted by Crippen LogP contribution is 2.10. The lowest BCUT2D eigenvalue weighted by Crippen LogP contribution is -1.73. The van der Waals surface area contributed by atoms with Crippen LogP contribution in [-0.2, 0) is 0 Å². The Kier molecular flexibility index (Phi) is 8.17. The molecule has 0 atom stereocenters. The van der Waals surface area contributed by atoms with Crippen molar-refractivity contribution in [3.05, 3.63) is 18.4 Å². The Morgan fingerprint density at radius 1 is 1.44 bits per heavy atom. The molecule has 9 heavy (non-hydrogen) atoms. The molecule has 0 heterocycles. The summed E-state index contributed by atoms with van der Waals surface area (Å²) in [6.07, 6.45) is 5.53. The molecule has 53 valence electrons. The van der Waals surface area contributed by atoms with Gasteiger partial charge in [0.15, 0.2) is 0 Å². The molecule has 0 spiro atoms. The van der Waals surface area contributed by atoms with E-state index in [0.717, 1.165) is 6.42 Å². The van der Waals surface area contributed by atoms with E-state index in [4.69, 9.17) is 0 Å². The minimum atomic E-state index is 1.12. The maximum absolute atomic E-state index is 3.65. The highest BCUT2D eigenvalue weighted by Gasteiger charge is 1.85. The summed E-state index contributed by atoms with van der Waals surface area (Å²) in [5.41, 5.74) is 0. The van der Waals surface area contributed by atoms with Crippen LogP contribution in [0.25, 0.3) is 0 Å². The van der Waals surface area contributed by atoms with Crippen LogP contribution in [0.15, 0.2) is 12.7 Å². The lowest BCUT2D eigenvalue weighted by atomic mass is 10.3. The van der Waals surface area contributed by atoms with Crippen molar-refractivity contribution in [2.45, 2.75) is 26.2 Å². The first-order valence-electron chi connectivity index (χ1n) is 3.46. The molecule has 0 aromatic rings. The first kappa shape index (κ1) is 9.09. The van der Waals surface area contributed by atoms with E-state index in [0.29, 0.717) is 0 Å². The van der Waals surface area contributed by atoms with Gasteiger partial charge in [-0.15, -0.1) is 6.58 Å². The van der Waals surface area contributed by atoms with Gasteiger partial charge < -0.3 is 0 Å². The molecule has 0 saturated heterocycles. The van der Waals surface area contributed by atoms with Crippen LogP contribution in [0.2, 0.25) is 0 Å². The van der Waals surface area contributed by atoms with Crippen molar-refractivity contribution in [2.75, 3.05) is 5.75 Å². The maximum atomic E-state index is 3.65. The predicted molar refractivity (Wildman–Crippen MR) is 46.5 cm³/mol. The van der Waals surface area contributed by atoms with Crippen LogP contribution in [0.4, 0.5) is 0 Å². The Bertz CT molecular complexity index is 59.6. The van der Waals surface area contributed by atoms with Crippen molar-refractivity contribution in [1.82, 2.24) is 0 Å². The third-order valence-corrected chi connectivity index (χ3v) is 2.04. The highest BCUT2D eigenvalue weighted by molar-refractivity contribution is 8.01. The average Bonchev–Trinajstić information content (AvgIpc) is 1.89. The van der Waals surface area contributed by atoms with E-state index in [9.17, 15) is 0 Å². The van der Waals surface area contributed by atoms with Gasteiger partial charge in [0.2, 0.25) is 0 Å². The third kappa shape index (κ3) is 8.09. The van der Waals surface area contributed by atoms with E-state index in [1.165, 1.54) is 18.6 Å². The van der Waals surface area contributed by atoms with Gasteiger partial charge in [0.1, 0.15) is 0 Å². The van der Waals surface area contributed by atoms with E-state index in [1.54, 1.807) is 0 Å². The largest absolute Gasteiger partial charge is 0.157 e. The maximum Gasteiger partial charge on any atom is 0.0169 e. The fourth-order valence-corrected chi connectivity index (χ4v) is 1.18. The summed E-state index contributed by atoms with van der Waals surface area (Å²) in [6.45, 7) is 5.85. The van der Waals surface area contributed by atoms with Crippen molar-refractivity contribution >= 4 is 11.8 Å². The molecule has 0 aliphatic heterocycles. The average molecular weight is 143 g/mol. The fraction of sp³-hybridized carbons (Fsp3) is 0.625. The summed E-state index contributed by atoms with van der Waals surface area (Å²) in [5.74, 6) is 3.53. The van der Waals surface area contributed by atoms with E-state index >= 15 is 0 Å². The summed E-state index contributed by atoms with van der Waals surface area (Å²) in [6, 6.07) is 0. The smallest absolute Gasteiger partial charge is 0.0169 e. The molecular formula is C8H15S. The van der Waals surface area contributed by atoms with Crippen molar-refractivity contribution in [1.29, 1.82) is 0 Å². The molecule has 0 aromatic heterocycles. The zero-order valence-electron chi connectivity index (χ0n) is 6.10. The highest BCUT2D eigenvalue weighted by atomic mass is 32.2. The van der Waals surface area contributed by atoms with Crippen LogP contribution < -0.4 is 0 Å². The molecule has 0 saturated carbocycles. The van der Waals surface area contributed by atoms with Gasteiger partial charge >= 0.3 is 0 Å². The Hall–Kier alpha value is 0.0900. The Morgan fingerprint density at radius 2 is 2.22 bits per heavy atom. The van der Waals surface area contributed by atoms with Gasteiger partial charge in [0, 0.05) is 5.75 Å². The van der Waals surface area contributed by atoms with E-state index in [-0.39, 0.29) is 0 Å². The zero-order chi connectivity index (χ0) is 6.95.